The maximum absolute atomic E-state index is 5.62. The molecule has 6 nitrogen and oxygen atoms in total. The molecule has 0 bridgehead atoms. The van der Waals surface area contributed by atoms with Crippen LogP contribution in [0.25, 0.3) is 11.5 Å². The third kappa shape index (κ3) is 3.76. The van der Waals surface area contributed by atoms with E-state index in [-0.39, 0.29) is 0 Å². The third-order valence-electron chi connectivity index (χ3n) is 3.06. The molecular formula is C15H17N5O. The average Bonchev–Trinajstić information content (AvgIpc) is 3.19. The lowest BCUT2D eigenvalue weighted by molar-refractivity contribution is 0.466. The Balaban J connectivity index is 1.43. The Morgan fingerprint density at radius 3 is 2.81 bits per heavy atom. The van der Waals surface area contributed by atoms with Crippen LogP contribution in [0.15, 0.2) is 53.2 Å². The van der Waals surface area contributed by atoms with Gasteiger partial charge in [-0.25, -0.2) is 0 Å². The summed E-state index contributed by atoms with van der Waals surface area (Å²) >= 11 is 0. The van der Waals surface area contributed by atoms with Crippen LogP contribution in [0.5, 0.6) is 0 Å². The second kappa shape index (κ2) is 6.81. The van der Waals surface area contributed by atoms with Gasteiger partial charge in [0.25, 0.3) is 0 Å². The van der Waals surface area contributed by atoms with Crippen molar-refractivity contribution in [3.05, 3.63) is 54.7 Å². The summed E-state index contributed by atoms with van der Waals surface area (Å²) in [6.07, 6.45) is 4.75. The van der Waals surface area contributed by atoms with Crippen LogP contribution in [-0.4, -0.2) is 26.5 Å². The Kier molecular flexibility index (Phi) is 4.38. The maximum Gasteiger partial charge on any atom is 0.247 e. The number of nitrogens with one attached hydrogen (secondary N) is 1. The molecule has 21 heavy (non-hydrogen) atoms. The average molecular weight is 283 g/mol. The monoisotopic (exact) mass is 283 g/mol. The number of aryl methyl sites for hydroxylation is 1. The fourth-order valence-corrected chi connectivity index (χ4v) is 2.02. The molecule has 0 saturated carbocycles. The van der Waals surface area contributed by atoms with Crippen LogP contribution in [0.3, 0.4) is 0 Å². The van der Waals surface area contributed by atoms with Gasteiger partial charge in [0, 0.05) is 24.5 Å². The van der Waals surface area contributed by atoms with Crippen molar-refractivity contribution < 1.29 is 4.42 Å². The molecule has 0 aliphatic rings. The lowest BCUT2D eigenvalue weighted by Crippen LogP contribution is -2.16. The van der Waals surface area contributed by atoms with Gasteiger partial charge in [0.05, 0.1) is 6.54 Å². The Labute approximate surface area is 122 Å². The lowest BCUT2D eigenvalue weighted by Gasteiger charge is -2.02. The van der Waals surface area contributed by atoms with Crippen LogP contribution < -0.4 is 5.32 Å². The first kappa shape index (κ1) is 13.5. The number of hydrogen-bond donors (Lipinski definition) is 1. The molecule has 0 aliphatic heterocycles. The van der Waals surface area contributed by atoms with Crippen LogP contribution in [0.4, 0.5) is 0 Å². The number of benzene rings is 1. The highest BCUT2D eigenvalue weighted by Crippen LogP contribution is 2.16. The van der Waals surface area contributed by atoms with Crippen molar-refractivity contribution in [1.82, 2.24) is 25.3 Å². The van der Waals surface area contributed by atoms with Gasteiger partial charge in [0.2, 0.25) is 11.8 Å². The van der Waals surface area contributed by atoms with Crippen molar-refractivity contribution in [2.75, 3.05) is 6.54 Å². The van der Waals surface area contributed by atoms with E-state index in [1.807, 2.05) is 47.3 Å². The second-order valence-corrected chi connectivity index (χ2v) is 4.67. The standard InChI is InChI=1S/C15H17N5O/c1-2-6-13(7-3-1)15-19-18-14(21-15)12-16-8-4-10-20-11-5-9-17-20/h1-3,5-7,9,11,16H,4,8,10,12H2. The van der Waals surface area contributed by atoms with Gasteiger partial charge in [-0.3, -0.25) is 4.68 Å². The van der Waals surface area contributed by atoms with Gasteiger partial charge in [-0.15, -0.1) is 10.2 Å². The zero-order valence-electron chi connectivity index (χ0n) is 11.6. The number of hydrogen-bond acceptors (Lipinski definition) is 5. The third-order valence-corrected chi connectivity index (χ3v) is 3.06. The van der Waals surface area contributed by atoms with Crippen molar-refractivity contribution in [2.45, 2.75) is 19.5 Å². The van der Waals surface area contributed by atoms with Crippen LogP contribution in [-0.2, 0) is 13.1 Å². The minimum atomic E-state index is 0.559. The summed E-state index contributed by atoms with van der Waals surface area (Å²) in [4.78, 5) is 0. The number of nitrogens with zero attached hydrogens (tertiary/aromatic N) is 4. The molecule has 3 rings (SSSR count). The zero-order chi connectivity index (χ0) is 14.3. The Hall–Kier alpha value is -2.47. The molecule has 0 fully saturated rings. The van der Waals surface area contributed by atoms with Gasteiger partial charge in [-0.05, 0) is 31.2 Å². The highest BCUT2D eigenvalue weighted by molar-refractivity contribution is 5.51. The second-order valence-electron chi connectivity index (χ2n) is 4.67. The molecule has 0 atom stereocenters. The molecular weight excluding hydrogens is 266 g/mol. The van der Waals surface area contributed by atoms with E-state index in [9.17, 15) is 0 Å². The van der Waals surface area contributed by atoms with Crippen LogP contribution in [0, 0.1) is 0 Å². The highest BCUT2D eigenvalue weighted by atomic mass is 16.4. The molecule has 0 unspecified atom stereocenters. The minimum absolute atomic E-state index is 0.559. The van der Waals surface area contributed by atoms with Crippen LogP contribution >= 0.6 is 0 Å². The minimum Gasteiger partial charge on any atom is -0.419 e. The van der Waals surface area contributed by atoms with E-state index in [1.165, 1.54) is 0 Å². The Morgan fingerprint density at radius 2 is 2.00 bits per heavy atom. The first-order chi connectivity index (χ1) is 10.4. The first-order valence-electron chi connectivity index (χ1n) is 6.98. The molecule has 0 aliphatic carbocycles. The molecule has 1 N–H and O–H groups in total. The summed E-state index contributed by atoms with van der Waals surface area (Å²) in [6.45, 7) is 2.36. The van der Waals surface area contributed by atoms with E-state index in [4.69, 9.17) is 4.42 Å². The molecule has 108 valence electrons. The SMILES string of the molecule is c1ccc(-c2nnc(CNCCCn3cccn3)o2)cc1. The predicted molar refractivity (Wildman–Crippen MR) is 78.3 cm³/mol. The maximum atomic E-state index is 5.62. The fourth-order valence-electron chi connectivity index (χ4n) is 2.02. The molecule has 2 heterocycles. The molecule has 2 aromatic heterocycles. The molecule has 6 heteroatoms. The highest BCUT2D eigenvalue weighted by Gasteiger charge is 2.07. The van der Waals surface area contributed by atoms with Crippen molar-refractivity contribution in [3.8, 4) is 11.5 Å². The van der Waals surface area contributed by atoms with Gasteiger partial charge in [-0.2, -0.15) is 5.10 Å². The van der Waals surface area contributed by atoms with E-state index in [1.54, 1.807) is 6.20 Å². The number of aromatic nitrogens is 4. The molecule has 3 aromatic rings. The van der Waals surface area contributed by atoms with Crippen molar-refractivity contribution in [2.24, 2.45) is 0 Å². The Bertz CT molecular complexity index is 648. The smallest absolute Gasteiger partial charge is 0.247 e. The quantitative estimate of drug-likeness (QED) is 0.673. The summed E-state index contributed by atoms with van der Waals surface area (Å²) in [7, 11) is 0. The summed E-state index contributed by atoms with van der Waals surface area (Å²) < 4.78 is 7.54. The summed E-state index contributed by atoms with van der Waals surface area (Å²) in [6, 6.07) is 11.7. The summed E-state index contributed by atoms with van der Waals surface area (Å²) in [5.74, 6) is 1.16. The zero-order valence-corrected chi connectivity index (χ0v) is 11.6. The van der Waals surface area contributed by atoms with Gasteiger partial charge in [0.15, 0.2) is 0 Å². The molecule has 1 aromatic carbocycles. The fraction of sp³-hybridized carbons (Fsp3) is 0.267. The van der Waals surface area contributed by atoms with E-state index < -0.39 is 0 Å². The van der Waals surface area contributed by atoms with Crippen LogP contribution in [0.1, 0.15) is 12.3 Å². The summed E-state index contributed by atoms with van der Waals surface area (Å²) in [5, 5.41) is 15.5. The lowest BCUT2D eigenvalue weighted by atomic mass is 10.2. The Morgan fingerprint density at radius 1 is 1.10 bits per heavy atom. The predicted octanol–water partition coefficient (Wildman–Crippen LogP) is 2.11. The van der Waals surface area contributed by atoms with E-state index in [0.29, 0.717) is 18.3 Å². The van der Waals surface area contributed by atoms with Crippen LogP contribution in [0.2, 0.25) is 0 Å². The van der Waals surface area contributed by atoms with Crippen molar-refractivity contribution in [1.29, 1.82) is 0 Å². The van der Waals surface area contributed by atoms with Gasteiger partial charge in [0.1, 0.15) is 0 Å². The summed E-state index contributed by atoms with van der Waals surface area (Å²) in [5.41, 5.74) is 0.940. The molecule has 0 saturated heterocycles. The van der Waals surface area contributed by atoms with Gasteiger partial charge in [-0.1, -0.05) is 18.2 Å². The first-order valence-corrected chi connectivity index (χ1v) is 6.98. The van der Waals surface area contributed by atoms with Crippen molar-refractivity contribution in [3.63, 3.8) is 0 Å². The molecule has 0 amide bonds. The molecule has 0 spiro atoms. The van der Waals surface area contributed by atoms with Gasteiger partial charge >= 0.3 is 0 Å². The topological polar surface area (TPSA) is 68.8 Å². The van der Waals surface area contributed by atoms with E-state index >= 15 is 0 Å². The van der Waals surface area contributed by atoms with Gasteiger partial charge < -0.3 is 9.73 Å². The van der Waals surface area contributed by atoms with E-state index in [0.717, 1.165) is 25.1 Å². The van der Waals surface area contributed by atoms with E-state index in [2.05, 4.69) is 20.6 Å². The normalized spacial score (nSPS) is 10.9. The molecule has 0 radical (unpaired) electrons. The number of rotatable bonds is 7. The van der Waals surface area contributed by atoms with Crippen molar-refractivity contribution >= 4 is 0 Å². The largest absolute Gasteiger partial charge is 0.419 e.